The summed E-state index contributed by atoms with van der Waals surface area (Å²) in [5.74, 6) is 0.517. The second kappa shape index (κ2) is 3.65. The first-order valence-corrected chi connectivity index (χ1v) is 5.22. The largest absolute Gasteiger partial charge is 0.300 e. The third kappa shape index (κ3) is 1.70. The highest BCUT2D eigenvalue weighted by atomic mass is 16.1. The summed E-state index contributed by atoms with van der Waals surface area (Å²) in [6.45, 7) is 8.15. The highest BCUT2D eigenvalue weighted by molar-refractivity contribution is 5.79. The van der Waals surface area contributed by atoms with Crippen LogP contribution in [-0.4, -0.2) is 5.78 Å². The Bertz CT molecular complexity index is 240. The van der Waals surface area contributed by atoms with Crippen LogP contribution in [0, 0.1) is 11.3 Å². The van der Waals surface area contributed by atoms with Crippen molar-refractivity contribution in [2.45, 2.75) is 47.0 Å². The van der Waals surface area contributed by atoms with Crippen molar-refractivity contribution in [3.05, 3.63) is 11.6 Å². The van der Waals surface area contributed by atoms with Gasteiger partial charge in [0.1, 0.15) is 5.78 Å². The lowest BCUT2D eigenvalue weighted by Gasteiger charge is -2.46. The maximum absolute atomic E-state index is 11.3. The van der Waals surface area contributed by atoms with E-state index in [0.717, 1.165) is 6.42 Å². The Kier molecular flexibility index (Phi) is 2.94. The fourth-order valence-corrected chi connectivity index (χ4v) is 2.19. The lowest BCUT2D eigenvalue weighted by atomic mass is 9.58. The normalized spacial score (nSPS) is 32.8. The van der Waals surface area contributed by atoms with Crippen LogP contribution < -0.4 is 0 Å². The molecule has 0 bridgehead atoms. The average molecular weight is 180 g/mol. The Morgan fingerprint density at radius 2 is 2.31 bits per heavy atom. The minimum atomic E-state index is 0.182. The van der Waals surface area contributed by atoms with Crippen LogP contribution in [0.4, 0.5) is 0 Å². The van der Waals surface area contributed by atoms with Crippen molar-refractivity contribution < 1.29 is 4.79 Å². The van der Waals surface area contributed by atoms with Crippen LogP contribution in [0.3, 0.4) is 0 Å². The van der Waals surface area contributed by atoms with Gasteiger partial charge in [-0.25, -0.2) is 0 Å². The highest BCUT2D eigenvalue weighted by Gasteiger charge is 2.43. The van der Waals surface area contributed by atoms with E-state index >= 15 is 0 Å². The van der Waals surface area contributed by atoms with Gasteiger partial charge in [0.2, 0.25) is 0 Å². The topological polar surface area (TPSA) is 17.1 Å². The van der Waals surface area contributed by atoms with E-state index in [0.29, 0.717) is 5.78 Å². The van der Waals surface area contributed by atoms with Gasteiger partial charge in [-0.2, -0.15) is 0 Å². The van der Waals surface area contributed by atoms with Crippen molar-refractivity contribution in [1.29, 1.82) is 0 Å². The van der Waals surface area contributed by atoms with Gasteiger partial charge in [0.25, 0.3) is 0 Å². The van der Waals surface area contributed by atoms with Gasteiger partial charge in [0.05, 0.1) is 0 Å². The zero-order valence-electron chi connectivity index (χ0n) is 9.18. The molecule has 1 aliphatic rings. The Morgan fingerprint density at radius 3 is 2.62 bits per heavy atom. The zero-order valence-corrected chi connectivity index (χ0v) is 9.18. The first kappa shape index (κ1) is 10.5. The van der Waals surface area contributed by atoms with Gasteiger partial charge < -0.3 is 0 Å². The Balaban J connectivity index is 2.77. The molecule has 0 N–H and O–H groups in total. The molecular weight excluding hydrogens is 160 g/mol. The van der Waals surface area contributed by atoms with Gasteiger partial charge in [0.15, 0.2) is 0 Å². The second-order valence-corrected chi connectivity index (χ2v) is 4.39. The number of carbonyl (C=O) groups is 1. The minimum absolute atomic E-state index is 0.182. The molecule has 13 heavy (non-hydrogen) atoms. The predicted molar refractivity (Wildman–Crippen MR) is 55.6 cm³/mol. The number of ketones is 1. The van der Waals surface area contributed by atoms with Crippen LogP contribution in [-0.2, 0) is 4.79 Å². The molecule has 0 amide bonds. The molecule has 0 radical (unpaired) electrons. The molecule has 74 valence electrons. The average Bonchev–Trinajstić information content (AvgIpc) is 2.09. The van der Waals surface area contributed by atoms with Crippen LogP contribution in [0.15, 0.2) is 11.6 Å². The summed E-state index contributed by atoms with van der Waals surface area (Å²) in [5, 5.41) is 0. The maximum atomic E-state index is 11.3. The molecule has 1 saturated carbocycles. The third-order valence-corrected chi connectivity index (χ3v) is 3.66. The standard InChI is InChI=1S/C12H20O/c1-5-6-11-7-8-12(11,4)9(2)10(3)13/h6,9H,5,7-8H2,1-4H3/b11-6+. The first-order chi connectivity index (χ1) is 6.02. The van der Waals surface area contributed by atoms with Crippen molar-refractivity contribution in [2.24, 2.45) is 11.3 Å². The number of Topliss-reactive ketones (excluding diaryl/α,β-unsaturated/α-hetero) is 1. The Labute approximate surface area is 81.2 Å². The fraction of sp³-hybridized carbons (Fsp3) is 0.750. The summed E-state index contributed by atoms with van der Waals surface area (Å²) >= 11 is 0. The summed E-state index contributed by atoms with van der Waals surface area (Å²) in [5.41, 5.74) is 1.68. The van der Waals surface area contributed by atoms with E-state index in [1.807, 2.05) is 0 Å². The fourth-order valence-electron chi connectivity index (χ4n) is 2.19. The SMILES string of the molecule is CC/C=C1\CCC1(C)C(C)C(C)=O. The highest BCUT2D eigenvalue weighted by Crippen LogP contribution is 2.51. The number of hydrogen-bond donors (Lipinski definition) is 0. The van der Waals surface area contributed by atoms with Crippen molar-refractivity contribution in [3.63, 3.8) is 0 Å². The Hall–Kier alpha value is -0.590. The minimum Gasteiger partial charge on any atom is -0.300 e. The molecule has 0 aliphatic heterocycles. The van der Waals surface area contributed by atoms with Crippen LogP contribution in [0.5, 0.6) is 0 Å². The van der Waals surface area contributed by atoms with Crippen molar-refractivity contribution in [3.8, 4) is 0 Å². The molecule has 1 aliphatic carbocycles. The molecule has 0 heterocycles. The zero-order chi connectivity index (χ0) is 10.1. The number of allylic oxidation sites excluding steroid dienone is 2. The number of hydrogen-bond acceptors (Lipinski definition) is 1. The predicted octanol–water partition coefficient (Wildman–Crippen LogP) is 3.35. The van der Waals surface area contributed by atoms with Gasteiger partial charge in [0, 0.05) is 5.92 Å². The summed E-state index contributed by atoms with van der Waals surface area (Å²) in [6.07, 6.45) is 5.76. The molecule has 0 aromatic rings. The summed E-state index contributed by atoms with van der Waals surface area (Å²) in [7, 11) is 0. The smallest absolute Gasteiger partial charge is 0.133 e. The van der Waals surface area contributed by atoms with E-state index < -0.39 is 0 Å². The lowest BCUT2D eigenvalue weighted by Crippen LogP contribution is -2.39. The molecule has 1 nitrogen and oxygen atoms in total. The first-order valence-electron chi connectivity index (χ1n) is 5.22. The third-order valence-electron chi connectivity index (χ3n) is 3.66. The maximum Gasteiger partial charge on any atom is 0.133 e. The molecule has 0 aromatic heterocycles. The molecular formula is C12H20O. The van der Waals surface area contributed by atoms with Crippen molar-refractivity contribution in [1.82, 2.24) is 0 Å². The van der Waals surface area contributed by atoms with Crippen molar-refractivity contribution in [2.75, 3.05) is 0 Å². The molecule has 1 fully saturated rings. The Morgan fingerprint density at radius 1 is 1.69 bits per heavy atom. The van der Waals surface area contributed by atoms with Crippen LogP contribution in [0.2, 0.25) is 0 Å². The number of rotatable bonds is 3. The van der Waals surface area contributed by atoms with E-state index in [-0.39, 0.29) is 11.3 Å². The van der Waals surface area contributed by atoms with Crippen LogP contribution in [0.25, 0.3) is 0 Å². The van der Waals surface area contributed by atoms with Gasteiger partial charge in [-0.3, -0.25) is 4.79 Å². The molecule has 0 spiro atoms. The second-order valence-electron chi connectivity index (χ2n) is 4.39. The molecule has 0 saturated heterocycles. The molecule has 2 atom stereocenters. The van der Waals surface area contributed by atoms with Crippen molar-refractivity contribution >= 4 is 5.78 Å². The van der Waals surface area contributed by atoms with Gasteiger partial charge in [-0.1, -0.05) is 32.4 Å². The van der Waals surface area contributed by atoms with Gasteiger partial charge in [-0.05, 0) is 31.6 Å². The van der Waals surface area contributed by atoms with Gasteiger partial charge >= 0.3 is 0 Å². The van der Waals surface area contributed by atoms with E-state index in [2.05, 4.69) is 26.8 Å². The monoisotopic (exact) mass is 180 g/mol. The quantitative estimate of drug-likeness (QED) is 0.609. The lowest BCUT2D eigenvalue weighted by molar-refractivity contribution is -0.124. The van der Waals surface area contributed by atoms with E-state index in [1.165, 1.54) is 18.4 Å². The molecule has 0 aromatic carbocycles. The summed E-state index contributed by atoms with van der Waals surface area (Å²) in [4.78, 5) is 11.3. The van der Waals surface area contributed by atoms with Crippen LogP contribution >= 0.6 is 0 Å². The number of carbonyl (C=O) groups excluding carboxylic acids is 1. The molecule has 1 rings (SSSR count). The van der Waals surface area contributed by atoms with E-state index in [1.54, 1.807) is 6.92 Å². The van der Waals surface area contributed by atoms with Crippen LogP contribution in [0.1, 0.15) is 47.0 Å². The van der Waals surface area contributed by atoms with E-state index in [9.17, 15) is 4.79 Å². The summed E-state index contributed by atoms with van der Waals surface area (Å²) < 4.78 is 0. The van der Waals surface area contributed by atoms with Gasteiger partial charge in [-0.15, -0.1) is 0 Å². The molecule has 1 heteroatoms. The van der Waals surface area contributed by atoms with E-state index in [4.69, 9.17) is 0 Å². The summed E-state index contributed by atoms with van der Waals surface area (Å²) in [6, 6.07) is 0. The molecule has 2 unspecified atom stereocenters.